The zero-order valence-corrected chi connectivity index (χ0v) is 28.0. The molecule has 0 N–H and O–H groups in total. The fraction of sp³-hybridized carbons (Fsp3) is 0.225. The molecule has 6 rings (SSSR count). The number of hydrogen-bond donors (Lipinski definition) is 0. The van der Waals surface area contributed by atoms with Crippen LogP contribution in [-0.4, -0.2) is 27.6 Å². The van der Waals surface area contributed by atoms with E-state index in [1.165, 1.54) is 10.2 Å². The molecule has 0 aliphatic heterocycles. The second-order valence-electron chi connectivity index (χ2n) is 12.3. The van der Waals surface area contributed by atoms with Crippen LogP contribution in [0.25, 0.3) is 28.0 Å². The molecule has 0 radical (unpaired) electrons. The van der Waals surface area contributed by atoms with Crippen molar-refractivity contribution in [1.29, 1.82) is 0 Å². The van der Waals surface area contributed by atoms with Crippen molar-refractivity contribution in [2.75, 3.05) is 7.11 Å². The molecule has 238 valence electrons. The van der Waals surface area contributed by atoms with E-state index in [-0.39, 0.29) is 11.5 Å². The van der Waals surface area contributed by atoms with E-state index in [2.05, 4.69) is 81.7 Å². The summed E-state index contributed by atoms with van der Waals surface area (Å²) < 4.78 is 15.3. The summed E-state index contributed by atoms with van der Waals surface area (Å²) >= 11 is 0. The lowest BCUT2D eigenvalue weighted by Crippen LogP contribution is -2.21. The van der Waals surface area contributed by atoms with Gasteiger partial charge in [0.15, 0.2) is 5.82 Å². The van der Waals surface area contributed by atoms with Crippen molar-refractivity contribution in [3.8, 4) is 28.6 Å². The molecular formula is C40H40N4O3. The Balaban J connectivity index is 1.36. The average Bonchev–Trinajstić information content (AvgIpc) is 3.35. The van der Waals surface area contributed by atoms with Crippen molar-refractivity contribution in [2.24, 2.45) is 5.10 Å². The first kappa shape index (κ1) is 31.5. The first-order chi connectivity index (χ1) is 22.6. The van der Waals surface area contributed by atoms with E-state index >= 15 is 0 Å². The van der Waals surface area contributed by atoms with Crippen LogP contribution in [0.15, 0.2) is 101 Å². The third-order valence-corrected chi connectivity index (χ3v) is 8.56. The van der Waals surface area contributed by atoms with Gasteiger partial charge in [-0.15, -0.1) is 0 Å². The number of nitrogens with zero attached hydrogens (tertiary/aromatic N) is 4. The largest absolute Gasteiger partial charge is 0.496 e. The van der Waals surface area contributed by atoms with Gasteiger partial charge in [-0.05, 0) is 105 Å². The van der Waals surface area contributed by atoms with Crippen LogP contribution in [0, 0.1) is 27.7 Å². The number of para-hydroxylation sites is 1. The van der Waals surface area contributed by atoms with Gasteiger partial charge in [-0.2, -0.15) is 9.78 Å². The normalized spacial score (nSPS) is 11.6. The molecule has 7 heteroatoms. The number of ether oxygens (including phenoxy) is 2. The first-order valence-corrected chi connectivity index (χ1v) is 15.9. The van der Waals surface area contributed by atoms with Gasteiger partial charge in [-0.25, -0.2) is 4.98 Å². The average molecular weight is 625 g/mol. The van der Waals surface area contributed by atoms with Crippen LogP contribution in [0.1, 0.15) is 59.0 Å². The zero-order valence-electron chi connectivity index (χ0n) is 28.0. The number of aromatic nitrogens is 3. The highest BCUT2D eigenvalue weighted by molar-refractivity contribution is 5.84. The van der Waals surface area contributed by atoms with Crippen LogP contribution in [0.5, 0.6) is 11.5 Å². The minimum atomic E-state index is -0.224. The summed E-state index contributed by atoms with van der Waals surface area (Å²) in [6.07, 6.45) is 1.75. The molecule has 0 amide bonds. The highest BCUT2D eigenvalue weighted by Gasteiger charge is 2.19. The van der Waals surface area contributed by atoms with E-state index in [0.717, 1.165) is 56.4 Å². The number of benzene rings is 4. The van der Waals surface area contributed by atoms with Crippen LogP contribution in [0.4, 0.5) is 0 Å². The van der Waals surface area contributed by atoms with Gasteiger partial charge in [-0.3, -0.25) is 4.79 Å². The fourth-order valence-corrected chi connectivity index (χ4v) is 6.07. The quantitative estimate of drug-likeness (QED) is 0.151. The number of methoxy groups -OCH3 is 1. The van der Waals surface area contributed by atoms with Gasteiger partial charge in [0, 0.05) is 28.2 Å². The van der Waals surface area contributed by atoms with Gasteiger partial charge in [-0.1, -0.05) is 55.8 Å². The molecule has 0 saturated carbocycles. The molecule has 0 spiro atoms. The zero-order chi connectivity index (χ0) is 33.2. The van der Waals surface area contributed by atoms with E-state index in [1.807, 2.05) is 49.4 Å². The van der Waals surface area contributed by atoms with Crippen LogP contribution in [-0.2, 0) is 6.61 Å². The summed E-state index contributed by atoms with van der Waals surface area (Å²) in [5.74, 6) is 2.33. The molecule has 0 atom stereocenters. The SMILES string of the molecule is COc1cc(C)c(-c2nc3ccccc3c(=O)n2N=Cc2cc(C)n(-c3ccc(OCc4cccc(C)c4)cc3)c2C)cc1C(C)C. The number of fused-ring (bicyclic) bond motifs is 1. The molecule has 0 saturated heterocycles. The Morgan fingerprint density at radius 2 is 1.66 bits per heavy atom. The van der Waals surface area contributed by atoms with Crippen LogP contribution in [0.3, 0.4) is 0 Å². The Hall–Kier alpha value is -5.43. The van der Waals surface area contributed by atoms with Crippen molar-refractivity contribution in [3.05, 3.63) is 141 Å². The minimum absolute atomic E-state index is 0.215. The molecule has 47 heavy (non-hydrogen) atoms. The monoisotopic (exact) mass is 624 g/mol. The van der Waals surface area contributed by atoms with E-state index in [1.54, 1.807) is 19.4 Å². The maximum absolute atomic E-state index is 13.9. The standard InChI is InChI=1S/C40H40N4O3/c1-25(2)35-22-36(27(4)20-38(35)46-7)39-42-37-14-9-8-13-34(37)40(45)44(39)41-23-31-21-28(5)43(29(31)6)32-15-17-33(18-16-32)47-24-30-12-10-11-26(3)19-30/h8-23,25H,24H2,1-7H3. The maximum atomic E-state index is 13.9. The van der Waals surface area contributed by atoms with Crippen molar-refractivity contribution in [1.82, 2.24) is 14.2 Å². The van der Waals surface area contributed by atoms with Gasteiger partial charge in [0.2, 0.25) is 0 Å². The predicted octanol–water partition coefficient (Wildman–Crippen LogP) is 8.68. The molecule has 0 bridgehead atoms. The lowest BCUT2D eigenvalue weighted by Gasteiger charge is -2.17. The molecule has 0 fully saturated rings. The van der Waals surface area contributed by atoms with Crippen molar-refractivity contribution in [2.45, 2.75) is 54.1 Å². The minimum Gasteiger partial charge on any atom is -0.496 e. The Morgan fingerprint density at radius 1 is 0.894 bits per heavy atom. The van der Waals surface area contributed by atoms with Crippen molar-refractivity contribution >= 4 is 17.1 Å². The van der Waals surface area contributed by atoms with Gasteiger partial charge in [0.1, 0.15) is 18.1 Å². The van der Waals surface area contributed by atoms with Gasteiger partial charge in [0.25, 0.3) is 5.56 Å². The number of rotatable bonds is 9. The van der Waals surface area contributed by atoms with E-state index in [9.17, 15) is 4.79 Å². The van der Waals surface area contributed by atoms with Gasteiger partial charge in [0.05, 0.1) is 24.2 Å². The summed E-state index contributed by atoms with van der Waals surface area (Å²) in [6.45, 7) is 13.0. The molecule has 0 aliphatic rings. The molecule has 0 aliphatic carbocycles. The van der Waals surface area contributed by atoms with Crippen molar-refractivity contribution < 1.29 is 9.47 Å². The molecule has 2 heterocycles. The molecule has 6 aromatic rings. The number of hydrogen-bond acceptors (Lipinski definition) is 5. The topological polar surface area (TPSA) is 70.6 Å². The Labute approximate surface area is 275 Å². The molecule has 2 aromatic heterocycles. The maximum Gasteiger partial charge on any atom is 0.282 e. The van der Waals surface area contributed by atoms with Crippen molar-refractivity contribution in [3.63, 3.8) is 0 Å². The second-order valence-corrected chi connectivity index (χ2v) is 12.3. The second kappa shape index (κ2) is 13.1. The van der Waals surface area contributed by atoms with E-state index in [0.29, 0.717) is 23.3 Å². The summed E-state index contributed by atoms with van der Waals surface area (Å²) in [6, 6.07) is 30.0. The molecular weight excluding hydrogens is 584 g/mol. The smallest absolute Gasteiger partial charge is 0.282 e. The molecule has 0 unspecified atom stereocenters. The van der Waals surface area contributed by atoms with Crippen LogP contribution >= 0.6 is 0 Å². The Kier molecular flexibility index (Phi) is 8.81. The fourth-order valence-electron chi connectivity index (χ4n) is 6.07. The predicted molar refractivity (Wildman–Crippen MR) is 191 cm³/mol. The highest BCUT2D eigenvalue weighted by atomic mass is 16.5. The van der Waals surface area contributed by atoms with Crippen LogP contribution in [0.2, 0.25) is 0 Å². The van der Waals surface area contributed by atoms with E-state index < -0.39 is 0 Å². The molecule has 4 aromatic carbocycles. The van der Waals surface area contributed by atoms with Crippen LogP contribution < -0.4 is 15.0 Å². The summed E-state index contributed by atoms with van der Waals surface area (Å²) in [5.41, 5.74) is 9.57. The lowest BCUT2D eigenvalue weighted by molar-refractivity contribution is 0.306. The number of aryl methyl sites for hydroxylation is 3. The third-order valence-electron chi connectivity index (χ3n) is 8.56. The van der Waals surface area contributed by atoms with Gasteiger partial charge >= 0.3 is 0 Å². The molecule has 7 nitrogen and oxygen atoms in total. The summed E-state index contributed by atoms with van der Waals surface area (Å²) in [7, 11) is 1.68. The highest BCUT2D eigenvalue weighted by Crippen LogP contribution is 2.34. The lowest BCUT2D eigenvalue weighted by atomic mass is 9.96. The van der Waals surface area contributed by atoms with E-state index in [4.69, 9.17) is 19.6 Å². The Morgan fingerprint density at radius 3 is 2.38 bits per heavy atom. The summed E-state index contributed by atoms with van der Waals surface area (Å²) in [5, 5.41) is 5.31. The Bertz CT molecular complexity index is 2170. The first-order valence-electron chi connectivity index (χ1n) is 15.9. The third kappa shape index (κ3) is 6.34. The summed E-state index contributed by atoms with van der Waals surface area (Å²) in [4.78, 5) is 18.9. The van der Waals surface area contributed by atoms with Gasteiger partial charge < -0.3 is 14.0 Å².